The zero-order valence-corrected chi connectivity index (χ0v) is 47.4. The smallest absolute Gasteiger partial charge is 0.241 e. The van der Waals surface area contributed by atoms with E-state index in [-0.39, 0.29) is 0 Å². The molecule has 6 nitrogen and oxygen atoms in total. The number of hydrogen-bond donors (Lipinski definition) is 0. The largest absolute Gasteiger partial charge is 0.278 e. The maximum Gasteiger partial charge on any atom is 0.241 e. The van der Waals surface area contributed by atoms with E-state index in [2.05, 4.69) is 257 Å². The number of fused-ring (bicyclic) bond motifs is 16. The van der Waals surface area contributed by atoms with E-state index in [9.17, 15) is 0 Å². The Balaban J connectivity index is 0.861. The molecule has 7 heterocycles. The zero-order valence-electron chi connectivity index (χ0n) is 44.9. The summed E-state index contributed by atoms with van der Waals surface area (Å²) in [6, 6.07) is 84.2. The Kier molecular flexibility index (Phi) is 10.2. The Morgan fingerprint density at radius 2 is 0.571 bits per heavy atom. The fourth-order valence-electron chi connectivity index (χ4n) is 13.2. The minimum atomic E-state index is 0.515. The summed E-state index contributed by atoms with van der Waals surface area (Å²) in [7, 11) is 0. The number of benzene rings is 11. The fourth-order valence-corrected chi connectivity index (χ4v) is 16.6. The maximum atomic E-state index is 5.64. The highest BCUT2D eigenvalue weighted by atomic mass is 32.1. The molecule has 18 rings (SSSR count). The molecule has 0 amide bonds. The van der Waals surface area contributed by atoms with Crippen LogP contribution in [0.1, 0.15) is 10.4 Å². The van der Waals surface area contributed by atoms with Crippen LogP contribution in [-0.4, -0.2) is 28.7 Å². The fraction of sp³-hybridized carbons (Fsp3) is 0. The molecule has 9 heteroatoms. The monoisotopic (exact) mass is 1120 g/mol. The molecular weight excluding hydrogens is 1080 g/mol. The summed E-state index contributed by atoms with van der Waals surface area (Å²) in [5, 5.41) is 13.0. The highest BCUT2D eigenvalue weighted by molar-refractivity contribution is 7.26. The lowest BCUT2D eigenvalue weighted by atomic mass is 10.0. The van der Waals surface area contributed by atoms with E-state index < -0.39 is 0 Å². The molecule has 0 spiro atoms. The van der Waals surface area contributed by atoms with Crippen molar-refractivity contribution in [1.29, 1.82) is 0 Å². The average molecular weight is 1130 g/mol. The van der Waals surface area contributed by atoms with Gasteiger partial charge in [0.2, 0.25) is 17.8 Å². The quantitative estimate of drug-likeness (QED) is 0.152. The van der Waals surface area contributed by atoms with Crippen molar-refractivity contribution in [1.82, 2.24) is 28.7 Å². The molecule has 0 bridgehead atoms. The van der Waals surface area contributed by atoms with Crippen molar-refractivity contribution in [2.75, 3.05) is 0 Å². The van der Waals surface area contributed by atoms with Crippen molar-refractivity contribution in [3.8, 4) is 51.2 Å². The highest BCUT2D eigenvalue weighted by Gasteiger charge is 2.24. The van der Waals surface area contributed by atoms with Crippen molar-refractivity contribution in [3.63, 3.8) is 0 Å². The van der Waals surface area contributed by atoms with Crippen molar-refractivity contribution < 1.29 is 0 Å². The minimum Gasteiger partial charge on any atom is -0.278 e. The normalized spacial score (nSPS) is 12.1. The molecule has 0 saturated carbocycles. The number of aromatic nitrogens is 6. The number of thiophene rings is 3. The number of para-hydroxylation sites is 3. The Labute approximate surface area is 492 Å². The van der Waals surface area contributed by atoms with Crippen molar-refractivity contribution in [2.24, 2.45) is 0 Å². The van der Waals surface area contributed by atoms with E-state index in [0.717, 1.165) is 98.1 Å². The summed E-state index contributed by atoms with van der Waals surface area (Å²) >= 11 is 5.44. The molecule has 0 radical (unpaired) electrons. The second-order valence-electron chi connectivity index (χ2n) is 21.6. The summed E-state index contributed by atoms with van der Waals surface area (Å²) in [4.78, 5) is 18.0. The van der Waals surface area contributed by atoms with Gasteiger partial charge in [0.15, 0.2) is 0 Å². The Hall–Kier alpha value is -10.3. The first kappa shape index (κ1) is 47.4. The van der Waals surface area contributed by atoms with Crippen molar-refractivity contribution in [2.45, 2.75) is 0 Å². The van der Waals surface area contributed by atoms with Crippen LogP contribution < -0.4 is 0 Å². The third kappa shape index (κ3) is 6.98. The third-order valence-corrected chi connectivity index (χ3v) is 20.6. The zero-order chi connectivity index (χ0) is 55.3. The molecule has 11 aromatic carbocycles. The predicted octanol–water partition coefficient (Wildman–Crippen LogP) is 21.4. The first-order valence-electron chi connectivity index (χ1n) is 28.0. The van der Waals surface area contributed by atoms with Crippen LogP contribution in [0.5, 0.6) is 0 Å². The van der Waals surface area contributed by atoms with E-state index in [4.69, 9.17) is 15.0 Å². The van der Waals surface area contributed by atoms with Crippen LogP contribution in [-0.2, 0) is 0 Å². The lowest BCUT2D eigenvalue weighted by Gasteiger charge is -2.14. The Morgan fingerprint density at radius 3 is 0.964 bits per heavy atom. The molecule has 0 atom stereocenters. The first-order valence-corrected chi connectivity index (χ1v) is 30.5. The van der Waals surface area contributed by atoms with Gasteiger partial charge in [-0.15, -0.1) is 34.0 Å². The molecule has 0 aliphatic heterocycles. The van der Waals surface area contributed by atoms with Gasteiger partial charge in [0.25, 0.3) is 0 Å². The van der Waals surface area contributed by atoms with Crippen LogP contribution >= 0.6 is 34.0 Å². The SMILES string of the molecule is C=Cc1sc2cc(-c3ccc4c(c3)c3ccccc3n4-c3nc(-n4c5ccccc5c5cc(-c6ccc7c(c6)sc6ccccc67)ccc54)nc(-n4c5ccccc5c5cc(-c6ccc7c(c6)sc6ccccc67)ccc54)n3)ccc2c1C=C. The minimum absolute atomic E-state index is 0.515. The number of rotatable bonds is 8. The molecule has 84 heavy (non-hydrogen) atoms. The number of hydrogen-bond acceptors (Lipinski definition) is 6. The highest BCUT2D eigenvalue weighted by Crippen LogP contribution is 2.44. The van der Waals surface area contributed by atoms with Gasteiger partial charge < -0.3 is 0 Å². The molecule has 0 saturated heterocycles. The average Bonchev–Trinajstić information content (AvgIpc) is 2.10. The predicted molar refractivity (Wildman–Crippen MR) is 360 cm³/mol. The van der Waals surface area contributed by atoms with E-state index in [0.29, 0.717) is 17.8 Å². The summed E-state index contributed by atoms with van der Waals surface area (Å²) in [6.45, 7) is 8.21. The van der Waals surface area contributed by atoms with Crippen molar-refractivity contribution >= 4 is 162 Å². The van der Waals surface area contributed by atoms with Crippen LogP contribution in [0.4, 0.5) is 0 Å². The molecule has 0 aliphatic carbocycles. The Bertz CT molecular complexity index is 5630. The molecule has 0 aliphatic rings. The van der Waals surface area contributed by atoms with Crippen LogP contribution in [0.25, 0.3) is 179 Å². The maximum absolute atomic E-state index is 5.64. The third-order valence-electron chi connectivity index (χ3n) is 17.1. The van der Waals surface area contributed by atoms with Gasteiger partial charge in [-0.2, -0.15) is 15.0 Å². The second kappa shape index (κ2) is 18.1. The molecule has 392 valence electrons. The lowest BCUT2D eigenvalue weighted by Crippen LogP contribution is -2.13. The molecule has 0 fully saturated rings. The molecular formula is C75H44N6S3. The van der Waals surface area contributed by atoms with Gasteiger partial charge in [0, 0.05) is 87.6 Å². The van der Waals surface area contributed by atoms with Gasteiger partial charge >= 0.3 is 0 Å². The van der Waals surface area contributed by atoms with Gasteiger partial charge in [0.1, 0.15) is 0 Å². The van der Waals surface area contributed by atoms with Crippen LogP contribution in [0.15, 0.2) is 244 Å². The lowest BCUT2D eigenvalue weighted by molar-refractivity contribution is 0.848. The van der Waals surface area contributed by atoms with Crippen LogP contribution in [0, 0.1) is 0 Å². The van der Waals surface area contributed by atoms with Crippen LogP contribution in [0.3, 0.4) is 0 Å². The number of nitrogens with zero attached hydrogens (tertiary/aromatic N) is 6. The summed E-state index contributed by atoms with van der Waals surface area (Å²) in [5.41, 5.74) is 14.1. The first-order chi connectivity index (χ1) is 41.5. The van der Waals surface area contributed by atoms with Gasteiger partial charge in [-0.25, -0.2) is 0 Å². The topological polar surface area (TPSA) is 53.5 Å². The molecule has 7 aromatic heterocycles. The molecule has 0 unspecified atom stereocenters. The van der Waals surface area contributed by atoms with Gasteiger partial charge in [-0.1, -0.05) is 171 Å². The van der Waals surface area contributed by atoms with Gasteiger partial charge in [0.05, 0.1) is 33.1 Å². The standard InChI is InChI=1S/C75H44N6S3/c1-3-49-55-31-25-46(40-70(55)82-67(49)4-2)43-28-34-64-58(37-43)50-15-5-10-20-61(50)79(64)73-76-74(80-62-21-11-6-16-51(62)59-38-44(29-35-65(59)80)47-26-32-56-53-18-8-13-23-68(53)83-71(56)41-47)78-75(77-73)81-63-22-12-7-17-52(63)60-39-45(30-36-66(60)81)48-27-33-57-54-19-9-14-24-69(54)84-72(57)42-48/h3-42H,1-2H2. The molecule has 18 aromatic rings. The van der Waals surface area contributed by atoms with Crippen LogP contribution in [0.2, 0.25) is 0 Å². The van der Waals surface area contributed by atoms with E-state index in [1.54, 1.807) is 11.3 Å². The summed E-state index contributed by atoms with van der Waals surface area (Å²) in [6.07, 6.45) is 3.87. The van der Waals surface area contributed by atoms with Gasteiger partial charge in [-0.05, 0) is 124 Å². The van der Waals surface area contributed by atoms with Gasteiger partial charge in [-0.3, -0.25) is 13.7 Å². The second-order valence-corrected chi connectivity index (χ2v) is 24.9. The van der Waals surface area contributed by atoms with Crippen molar-refractivity contribution in [3.05, 3.63) is 254 Å². The van der Waals surface area contributed by atoms with E-state index in [1.165, 1.54) is 61.6 Å². The molecule has 0 N–H and O–H groups in total. The van der Waals surface area contributed by atoms with E-state index in [1.807, 2.05) is 34.8 Å². The summed E-state index contributed by atoms with van der Waals surface area (Å²) in [5.74, 6) is 1.55. The summed E-state index contributed by atoms with van der Waals surface area (Å²) < 4.78 is 13.1. The van der Waals surface area contributed by atoms with E-state index >= 15 is 0 Å². The Morgan fingerprint density at radius 1 is 0.262 bits per heavy atom.